The number of anilines is 1. The van der Waals surface area contributed by atoms with Crippen LogP contribution in [0.5, 0.6) is 5.88 Å². The monoisotopic (exact) mass is 581 g/mol. The van der Waals surface area contributed by atoms with Crippen LogP contribution in [0.3, 0.4) is 0 Å². The minimum absolute atomic E-state index is 0.00119. The lowest BCUT2D eigenvalue weighted by Crippen LogP contribution is -2.52. The summed E-state index contributed by atoms with van der Waals surface area (Å²) in [5, 5.41) is 18.5. The molecule has 12 heteroatoms. The first-order valence-corrected chi connectivity index (χ1v) is 13.7. The molecule has 1 saturated heterocycles. The molecule has 0 saturated carbocycles. The molecule has 0 unspecified atom stereocenters. The minimum atomic E-state index is -0.995. The number of hydrogen-bond acceptors (Lipinski definition) is 9. The second-order valence-electron chi connectivity index (χ2n) is 10.4. The quantitative estimate of drug-likeness (QED) is 0.266. The van der Waals surface area contributed by atoms with Crippen molar-refractivity contribution in [3.8, 4) is 11.9 Å². The maximum absolute atomic E-state index is 14.3. The predicted octanol–water partition coefficient (Wildman–Crippen LogP) is 4.47. The van der Waals surface area contributed by atoms with Gasteiger partial charge >= 0.3 is 5.97 Å². The number of ether oxygens (including phenoxy) is 1. The van der Waals surface area contributed by atoms with Crippen LogP contribution in [-0.2, 0) is 19.7 Å². The molecule has 2 aromatic carbocycles. The van der Waals surface area contributed by atoms with Crippen molar-refractivity contribution in [2.75, 3.05) is 24.5 Å². The lowest BCUT2D eigenvalue weighted by atomic mass is 10.1. The molecule has 1 fully saturated rings. The van der Waals surface area contributed by atoms with Gasteiger partial charge in [-0.1, -0.05) is 12.1 Å². The van der Waals surface area contributed by atoms with E-state index in [0.717, 1.165) is 30.2 Å². The van der Waals surface area contributed by atoms with Gasteiger partial charge in [0.25, 0.3) is 0 Å². The van der Waals surface area contributed by atoms with Gasteiger partial charge < -0.3 is 23.7 Å². The smallest absolute Gasteiger partial charge is 0.335 e. The number of pyridine rings is 1. The molecule has 4 heterocycles. The van der Waals surface area contributed by atoms with E-state index in [9.17, 15) is 14.3 Å². The van der Waals surface area contributed by atoms with Gasteiger partial charge in [-0.25, -0.2) is 19.2 Å². The molecule has 1 aliphatic heterocycles. The molecule has 5 aromatic rings. The maximum Gasteiger partial charge on any atom is 0.335 e. The van der Waals surface area contributed by atoms with Crippen LogP contribution in [-0.4, -0.2) is 61.2 Å². The van der Waals surface area contributed by atoms with Crippen LogP contribution >= 0.6 is 0 Å². The van der Waals surface area contributed by atoms with Gasteiger partial charge in [0.15, 0.2) is 6.39 Å². The number of carboxylic acids is 1. The van der Waals surface area contributed by atoms with E-state index >= 15 is 0 Å². The summed E-state index contributed by atoms with van der Waals surface area (Å²) in [6.07, 6.45) is 3.02. The highest BCUT2D eigenvalue weighted by molar-refractivity contribution is 5.92. The van der Waals surface area contributed by atoms with Gasteiger partial charge in [-0.15, -0.1) is 0 Å². The number of imidazole rings is 1. The Kier molecular flexibility index (Phi) is 7.72. The van der Waals surface area contributed by atoms with Gasteiger partial charge in [0.1, 0.15) is 29.8 Å². The average molecular weight is 582 g/mol. The van der Waals surface area contributed by atoms with Crippen molar-refractivity contribution >= 4 is 22.8 Å². The molecule has 0 amide bonds. The molecule has 3 aromatic heterocycles. The van der Waals surface area contributed by atoms with Crippen LogP contribution in [0.1, 0.15) is 40.0 Å². The SMILES string of the molecule is C[C@H]1CN(c2cccc(OCc3ccc(C#N)cc3F)n2)CCN1Cc1nc2ccc(C(=O)O)cc2n1Cc1cnco1. The summed E-state index contributed by atoms with van der Waals surface area (Å²) < 4.78 is 27.5. The fourth-order valence-corrected chi connectivity index (χ4v) is 5.24. The molecule has 0 radical (unpaired) electrons. The van der Waals surface area contributed by atoms with E-state index < -0.39 is 11.8 Å². The standard InChI is InChI=1S/C31H28FN7O4/c1-20-15-38(28-3-2-4-30(36-28)42-18-23-6-5-21(13-33)11-25(23)32)10-9-37(20)17-29-35-26-8-7-22(31(40)41)12-27(26)39(29)16-24-14-34-19-43-24/h2-8,11-12,14,19-20H,9-10,15-18H2,1H3,(H,40,41)/t20-/m0/s1. The number of aromatic carboxylic acids is 1. The number of carboxylic acid groups (broad SMARTS) is 1. The highest BCUT2D eigenvalue weighted by Gasteiger charge is 2.27. The first-order valence-electron chi connectivity index (χ1n) is 13.7. The van der Waals surface area contributed by atoms with Gasteiger partial charge in [0, 0.05) is 37.3 Å². The van der Waals surface area contributed by atoms with Gasteiger partial charge in [0.2, 0.25) is 5.88 Å². The predicted molar refractivity (Wildman–Crippen MR) is 154 cm³/mol. The molecule has 6 rings (SSSR count). The highest BCUT2D eigenvalue weighted by Crippen LogP contribution is 2.25. The first kappa shape index (κ1) is 27.9. The Morgan fingerprint density at radius 1 is 1.16 bits per heavy atom. The van der Waals surface area contributed by atoms with Crippen molar-refractivity contribution in [1.29, 1.82) is 5.26 Å². The van der Waals surface area contributed by atoms with E-state index in [1.54, 1.807) is 42.6 Å². The van der Waals surface area contributed by atoms with Crippen molar-refractivity contribution in [2.24, 2.45) is 0 Å². The molecule has 0 bridgehead atoms. The summed E-state index contributed by atoms with van der Waals surface area (Å²) >= 11 is 0. The summed E-state index contributed by atoms with van der Waals surface area (Å²) in [5.41, 5.74) is 2.24. The Hall–Kier alpha value is -5.28. The Morgan fingerprint density at radius 2 is 2.05 bits per heavy atom. The third kappa shape index (κ3) is 6.02. The summed E-state index contributed by atoms with van der Waals surface area (Å²) in [7, 11) is 0. The zero-order chi connectivity index (χ0) is 29.9. The number of nitriles is 1. The van der Waals surface area contributed by atoms with E-state index in [1.807, 2.05) is 22.8 Å². The normalized spacial score (nSPS) is 15.5. The number of aromatic nitrogens is 4. The largest absolute Gasteiger partial charge is 0.478 e. The fourth-order valence-electron chi connectivity index (χ4n) is 5.24. The highest BCUT2D eigenvalue weighted by atomic mass is 19.1. The van der Waals surface area contributed by atoms with Gasteiger partial charge in [-0.2, -0.15) is 10.2 Å². The molecule has 218 valence electrons. The van der Waals surface area contributed by atoms with Crippen LogP contribution in [0, 0.1) is 17.1 Å². The van der Waals surface area contributed by atoms with Gasteiger partial charge in [-0.3, -0.25) is 4.90 Å². The second-order valence-corrected chi connectivity index (χ2v) is 10.4. The van der Waals surface area contributed by atoms with Gasteiger partial charge in [0.05, 0.1) is 47.5 Å². The summed E-state index contributed by atoms with van der Waals surface area (Å²) in [4.78, 5) is 29.7. The van der Waals surface area contributed by atoms with Crippen LogP contribution < -0.4 is 9.64 Å². The average Bonchev–Trinajstić information content (AvgIpc) is 3.65. The number of carbonyl (C=O) groups is 1. The van der Waals surface area contributed by atoms with Crippen molar-refractivity contribution in [3.63, 3.8) is 0 Å². The number of halogens is 1. The van der Waals surface area contributed by atoms with Crippen molar-refractivity contribution in [3.05, 3.63) is 101 Å². The number of fused-ring (bicyclic) bond motifs is 1. The molecule has 1 atom stereocenters. The zero-order valence-corrected chi connectivity index (χ0v) is 23.4. The Labute approximate surface area is 246 Å². The molecule has 1 N–H and O–H groups in total. The molecule has 43 heavy (non-hydrogen) atoms. The third-order valence-electron chi connectivity index (χ3n) is 7.57. The van der Waals surface area contributed by atoms with Crippen molar-refractivity contribution < 1.29 is 23.4 Å². The minimum Gasteiger partial charge on any atom is -0.478 e. The third-order valence-corrected chi connectivity index (χ3v) is 7.57. The molecule has 1 aliphatic rings. The Morgan fingerprint density at radius 3 is 2.79 bits per heavy atom. The summed E-state index contributed by atoms with van der Waals surface area (Å²) in [5.74, 6) is 1.12. The second kappa shape index (κ2) is 11.9. The van der Waals surface area contributed by atoms with E-state index in [2.05, 4.69) is 26.7 Å². The lowest BCUT2D eigenvalue weighted by molar-refractivity contribution is 0.0697. The van der Waals surface area contributed by atoms with Crippen LogP contribution in [0.4, 0.5) is 10.2 Å². The maximum atomic E-state index is 14.3. The van der Waals surface area contributed by atoms with Gasteiger partial charge in [-0.05, 0) is 43.3 Å². The van der Waals surface area contributed by atoms with Crippen LogP contribution in [0.25, 0.3) is 11.0 Å². The number of rotatable bonds is 9. The molecule has 0 spiro atoms. The van der Waals surface area contributed by atoms with Crippen LogP contribution in [0.15, 0.2) is 71.6 Å². The number of oxazole rings is 1. The Balaban J connectivity index is 1.15. The number of benzene rings is 2. The van der Waals surface area contributed by atoms with Crippen molar-refractivity contribution in [1.82, 2.24) is 24.4 Å². The van der Waals surface area contributed by atoms with Crippen LogP contribution in [0.2, 0.25) is 0 Å². The number of hydrogen-bond donors (Lipinski definition) is 1. The van der Waals surface area contributed by atoms with E-state index in [-0.39, 0.29) is 23.8 Å². The lowest BCUT2D eigenvalue weighted by Gasteiger charge is -2.40. The zero-order valence-electron chi connectivity index (χ0n) is 23.4. The molecular formula is C31H28FN7O4. The molecule has 11 nitrogen and oxygen atoms in total. The van der Waals surface area contributed by atoms with E-state index in [4.69, 9.17) is 19.4 Å². The topological polar surface area (TPSA) is 134 Å². The first-order chi connectivity index (χ1) is 20.9. The fraction of sp³-hybridized carbons (Fsp3) is 0.258. The Bertz CT molecular complexity index is 1810. The van der Waals surface area contributed by atoms with Crippen molar-refractivity contribution in [2.45, 2.75) is 32.7 Å². The number of nitrogens with zero attached hydrogens (tertiary/aromatic N) is 7. The molecule has 0 aliphatic carbocycles. The summed E-state index contributed by atoms with van der Waals surface area (Å²) in [6.45, 7) is 5.27. The van der Waals surface area contributed by atoms with E-state index in [1.165, 1.54) is 12.5 Å². The van der Waals surface area contributed by atoms with E-state index in [0.29, 0.717) is 42.4 Å². The summed E-state index contributed by atoms with van der Waals surface area (Å²) in [6, 6.07) is 16.8. The molecular weight excluding hydrogens is 553 g/mol. The number of piperazine rings is 1.